The second-order valence-electron chi connectivity index (χ2n) is 9.16. The summed E-state index contributed by atoms with van der Waals surface area (Å²) in [5.74, 6) is -3.40. The van der Waals surface area contributed by atoms with Gasteiger partial charge in [-0.05, 0) is 36.4 Å². The number of imidazole rings is 1. The highest BCUT2D eigenvalue weighted by atomic mass is 19.1. The number of hydrogen-bond acceptors (Lipinski definition) is 7. The predicted molar refractivity (Wildman–Crippen MR) is 144 cm³/mol. The molecule has 0 fully saturated rings. The molecule has 42 heavy (non-hydrogen) atoms. The summed E-state index contributed by atoms with van der Waals surface area (Å²) in [6, 6.07) is 12.6. The van der Waals surface area contributed by atoms with Crippen LogP contribution in [-0.4, -0.2) is 44.3 Å². The van der Waals surface area contributed by atoms with E-state index in [9.17, 15) is 14.3 Å². The van der Waals surface area contributed by atoms with Crippen molar-refractivity contribution in [3.63, 3.8) is 0 Å². The summed E-state index contributed by atoms with van der Waals surface area (Å²) >= 11 is 0. The molecule has 0 unspecified atom stereocenters. The molecule has 0 amide bonds. The number of carboxylic acids is 1. The van der Waals surface area contributed by atoms with E-state index >= 15 is 8.78 Å². The lowest BCUT2D eigenvalue weighted by Crippen LogP contribution is -2.10. The van der Waals surface area contributed by atoms with E-state index in [0.29, 0.717) is 5.52 Å². The Labute approximate surface area is 237 Å². The number of aromatic nitrogens is 4. The highest BCUT2D eigenvalue weighted by molar-refractivity contribution is 6.01. The van der Waals surface area contributed by atoms with Crippen LogP contribution in [-0.2, 0) is 24.3 Å². The normalized spacial score (nSPS) is 11.0. The Kier molecular flexibility index (Phi) is 8.12. The molecule has 212 valence electrons. The number of fused-ring (bicyclic) bond motifs is 1. The number of carboxylic acid groups (broad SMARTS) is 1. The van der Waals surface area contributed by atoms with Crippen molar-refractivity contribution in [2.75, 3.05) is 13.7 Å². The Morgan fingerprint density at radius 1 is 1.05 bits per heavy atom. The third-order valence-corrected chi connectivity index (χ3v) is 6.57. The zero-order valence-electron chi connectivity index (χ0n) is 22.1. The molecule has 9 nitrogen and oxygen atoms in total. The number of halogens is 3. The third kappa shape index (κ3) is 5.63. The van der Waals surface area contributed by atoms with Crippen LogP contribution in [0.4, 0.5) is 13.2 Å². The minimum atomic E-state index is -1.17. The second-order valence-corrected chi connectivity index (χ2v) is 9.16. The SMILES string of the molecule is COCCn1c(Cc2c(F)cc(-c3nccnc3OCc3ccc(C#N)cc3F)cc2F)nc2c(C(=O)O)cccc21. The van der Waals surface area contributed by atoms with Crippen LogP contribution >= 0.6 is 0 Å². The maximum Gasteiger partial charge on any atom is 0.337 e. The molecular formula is C30H22F3N5O4. The average molecular weight is 574 g/mol. The minimum absolute atomic E-state index is 0.0303. The number of para-hydroxylation sites is 1. The van der Waals surface area contributed by atoms with E-state index in [0.717, 1.165) is 18.2 Å². The molecule has 1 N–H and O–H groups in total. The van der Waals surface area contributed by atoms with Gasteiger partial charge in [0.2, 0.25) is 5.88 Å². The van der Waals surface area contributed by atoms with Crippen LogP contribution in [0, 0.1) is 28.8 Å². The van der Waals surface area contributed by atoms with E-state index in [1.165, 1.54) is 37.7 Å². The lowest BCUT2D eigenvalue weighted by molar-refractivity contribution is 0.0699. The smallest absolute Gasteiger partial charge is 0.337 e. The van der Waals surface area contributed by atoms with Gasteiger partial charge in [0.05, 0.1) is 29.3 Å². The number of benzene rings is 3. The van der Waals surface area contributed by atoms with Crippen molar-refractivity contribution in [3.8, 4) is 23.2 Å². The van der Waals surface area contributed by atoms with Crippen LogP contribution in [0.1, 0.15) is 32.9 Å². The maximum absolute atomic E-state index is 15.5. The summed E-state index contributed by atoms with van der Waals surface area (Å²) in [5.41, 5.74) is 0.772. The molecule has 0 saturated heterocycles. The number of nitrogens with zero attached hydrogens (tertiary/aromatic N) is 5. The van der Waals surface area contributed by atoms with Gasteiger partial charge in [-0.15, -0.1) is 0 Å². The molecule has 5 rings (SSSR count). The molecule has 12 heteroatoms. The third-order valence-electron chi connectivity index (χ3n) is 6.57. The Hall–Kier alpha value is -5.28. The van der Waals surface area contributed by atoms with Crippen molar-refractivity contribution in [3.05, 3.63) is 106 Å². The van der Waals surface area contributed by atoms with Crippen LogP contribution in [0.25, 0.3) is 22.3 Å². The summed E-state index contributed by atoms with van der Waals surface area (Å²) in [6.07, 6.45) is 2.38. The fourth-order valence-electron chi connectivity index (χ4n) is 4.51. The Balaban J connectivity index is 1.47. The van der Waals surface area contributed by atoms with Crippen LogP contribution < -0.4 is 4.74 Å². The van der Waals surface area contributed by atoms with Crippen molar-refractivity contribution in [1.82, 2.24) is 19.5 Å². The Morgan fingerprint density at radius 3 is 2.50 bits per heavy atom. The van der Waals surface area contributed by atoms with Crippen molar-refractivity contribution >= 4 is 17.0 Å². The van der Waals surface area contributed by atoms with Gasteiger partial charge in [-0.1, -0.05) is 12.1 Å². The highest BCUT2D eigenvalue weighted by Gasteiger charge is 2.22. The van der Waals surface area contributed by atoms with Gasteiger partial charge in [-0.2, -0.15) is 5.26 Å². The van der Waals surface area contributed by atoms with Gasteiger partial charge in [0.25, 0.3) is 0 Å². The van der Waals surface area contributed by atoms with Gasteiger partial charge in [0.1, 0.15) is 41.1 Å². The monoisotopic (exact) mass is 573 g/mol. The number of carbonyl (C=O) groups is 1. The molecule has 2 aromatic heterocycles. The van der Waals surface area contributed by atoms with Crippen molar-refractivity contribution < 1.29 is 32.5 Å². The molecule has 5 aromatic rings. The quantitative estimate of drug-likeness (QED) is 0.239. The molecular weight excluding hydrogens is 551 g/mol. The molecule has 3 aromatic carbocycles. The first-order valence-electron chi connectivity index (χ1n) is 12.6. The number of methoxy groups -OCH3 is 1. The molecule has 0 radical (unpaired) electrons. The van der Waals surface area contributed by atoms with Crippen molar-refractivity contribution in [2.24, 2.45) is 0 Å². The summed E-state index contributed by atoms with van der Waals surface area (Å²) in [6.45, 7) is 0.288. The first-order valence-corrected chi connectivity index (χ1v) is 12.6. The lowest BCUT2D eigenvalue weighted by atomic mass is 10.0. The van der Waals surface area contributed by atoms with Crippen LogP contribution in [0.5, 0.6) is 5.88 Å². The van der Waals surface area contributed by atoms with Gasteiger partial charge >= 0.3 is 5.97 Å². The summed E-state index contributed by atoms with van der Waals surface area (Å²) in [4.78, 5) is 24.4. The molecule has 0 aliphatic heterocycles. The molecule has 2 heterocycles. The fraction of sp³-hybridized carbons (Fsp3) is 0.167. The largest absolute Gasteiger partial charge is 0.478 e. The first kappa shape index (κ1) is 28.3. The van der Waals surface area contributed by atoms with E-state index in [2.05, 4.69) is 15.0 Å². The topological polar surface area (TPSA) is 123 Å². The summed E-state index contributed by atoms with van der Waals surface area (Å²) < 4.78 is 57.7. The lowest BCUT2D eigenvalue weighted by Gasteiger charge is -2.13. The van der Waals surface area contributed by atoms with Crippen molar-refractivity contribution in [1.29, 1.82) is 5.26 Å². The van der Waals surface area contributed by atoms with Gasteiger partial charge in [-0.25, -0.2) is 32.9 Å². The van der Waals surface area contributed by atoms with E-state index in [1.807, 2.05) is 6.07 Å². The number of rotatable bonds is 10. The number of hydrogen-bond donors (Lipinski definition) is 1. The van der Waals surface area contributed by atoms with E-state index < -0.39 is 23.4 Å². The molecule has 0 aliphatic carbocycles. The fourth-order valence-corrected chi connectivity index (χ4v) is 4.51. The van der Waals surface area contributed by atoms with Gasteiger partial charge in [-0.3, -0.25) is 0 Å². The van der Waals surface area contributed by atoms with Crippen LogP contribution in [0.2, 0.25) is 0 Å². The zero-order chi connectivity index (χ0) is 29.8. The van der Waals surface area contributed by atoms with Gasteiger partial charge in [0.15, 0.2) is 0 Å². The molecule has 0 bridgehead atoms. The average Bonchev–Trinajstić information content (AvgIpc) is 3.34. The van der Waals surface area contributed by atoms with E-state index in [-0.39, 0.29) is 76.9 Å². The Bertz CT molecular complexity index is 1830. The molecule has 0 spiro atoms. The summed E-state index contributed by atoms with van der Waals surface area (Å²) in [5, 5.41) is 18.5. The van der Waals surface area contributed by atoms with Crippen molar-refractivity contribution in [2.45, 2.75) is 19.6 Å². The first-order chi connectivity index (χ1) is 20.3. The Morgan fingerprint density at radius 2 is 1.81 bits per heavy atom. The molecule has 0 atom stereocenters. The van der Waals surface area contributed by atoms with Gasteiger partial charge in [0, 0.05) is 49.2 Å². The predicted octanol–water partition coefficient (Wildman–Crippen LogP) is 5.30. The van der Waals surface area contributed by atoms with E-state index in [4.69, 9.17) is 14.7 Å². The zero-order valence-corrected chi connectivity index (χ0v) is 22.1. The molecule has 0 saturated carbocycles. The van der Waals surface area contributed by atoms with E-state index in [1.54, 1.807) is 16.7 Å². The van der Waals surface area contributed by atoms with Gasteiger partial charge < -0.3 is 19.1 Å². The van der Waals surface area contributed by atoms with Crippen LogP contribution in [0.3, 0.4) is 0 Å². The summed E-state index contributed by atoms with van der Waals surface area (Å²) in [7, 11) is 1.50. The number of nitriles is 1. The number of ether oxygens (including phenoxy) is 2. The number of aromatic carboxylic acids is 1. The highest BCUT2D eigenvalue weighted by Crippen LogP contribution is 2.31. The molecule has 0 aliphatic rings. The minimum Gasteiger partial charge on any atom is -0.478 e. The maximum atomic E-state index is 15.5. The standard InChI is InChI=1S/C30H22F3N5O4/c1-41-10-9-38-25-4-2-3-20(30(39)40)28(25)37-26(38)14-21-23(32)12-19(13-24(21)33)27-29(36-8-7-35-27)42-16-18-6-5-17(15-34)11-22(18)31/h2-8,11-13H,9-10,14,16H2,1H3,(H,39,40). The second kappa shape index (κ2) is 12.1. The van der Waals surface area contributed by atoms with Crippen LogP contribution in [0.15, 0.2) is 60.9 Å².